The minimum Gasteiger partial charge on any atom is -0.462 e. The Morgan fingerprint density at radius 2 is 0.667 bits per heavy atom. The van der Waals surface area contributed by atoms with Crippen LogP contribution in [0.5, 0.6) is 0 Å². The SMILES string of the molecule is C=C1/C(=C/COC(C)=O)C[C@H](C)CC1O[Si](C)(C)C(C)(C)C.C=C1/C(=C\COC(C)=O)C[C@H](C)CC1O[Si](C)(C)C(C)(C)C.C=C1/C(=C\COC(C)=O)C[C@H](C)CC1O[Si](C)(C)C(C)(C)C. The predicted molar refractivity (Wildman–Crippen MR) is 283 cm³/mol. The van der Waals surface area contributed by atoms with Crippen LogP contribution in [0, 0.1) is 17.8 Å². The van der Waals surface area contributed by atoms with Gasteiger partial charge in [-0.3, -0.25) is 14.4 Å². The molecule has 0 aromatic carbocycles. The van der Waals surface area contributed by atoms with E-state index in [4.69, 9.17) is 27.5 Å². The van der Waals surface area contributed by atoms with Crippen LogP contribution in [0.3, 0.4) is 0 Å². The van der Waals surface area contributed by atoms with Crippen molar-refractivity contribution in [3.63, 3.8) is 0 Å². The molecule has 12 heteroatoms. The van der Waals surface area contributed by atoms with Gasteiger partial charge in [-0.05, 0) is 162 Å². The molecule has 0 bridgehead atoms. The molecular weight excluding hydrogens is 877 g/mol. The van der Waals surface area contributed by atoms with Crippen molar-refractivity contribution in [2.45, 2.75) is 215 Å². The summed E-state index contributed by atoms with van der Waals surface area (Å²) < 4.78 is 34.8. The van der Waals surface area contributed by atoms with E-state index in [9.17, 15) is 14.4 Å². The van der Waals surface area contributed by atoms with Crippen LogP contribution in [0.4, 0.5) is 0 Å². The first-order chi connectivity index (χ1) is 29.8. The van der Waals surface area contributed by atoms with Crippen LogP contribution in [0.15, 0.2) is 71.4 Å². The van der Waals surface area contributed by atoms with Gasteiger partial charge in [0.1, 0.15) is 19.8 Å². The lowest BCUT2D eigenvalue weighted by atomic mass is 9.81. The third-order valence-corrected chi connectivity index (χ3v) is 28.0. The average molecular weight is 974 g/mol. The van der Waals surface area contributed by atoms with Gasteiger partial charge in [-0.15, -0.1) is 0 Å². The van der Waals surface area contributed by atoms with E-state index in [1.165, 1.54) is 37.5 Å². The van der Waals surface area contributed by atoms with Crippen LogP contribution in [-0.4, -0.2) is 81.0 Å². The first-order valence-electron chi connectivity index (χ1n) is 24.4. The largest absolute Gasteiger partial charge is 0.462 e. The summed E-state index contributed by atoms with van der Waals surface area (Å²) in [4.78, 5) is 32.7. The lowest BCUT2D eigenvalue weighted by molar-refractivity contribution is -0.140. The Kier molecular flexibility index (Phi) is 23.5. The summed E-state index contributed by atoms with van der Waals surface area (Å²) in [7, 11) is -5.45. The zero-order valence-corrected chi connectivity index (χ0v) is 48.9. The molecule has 0 heterocycles. The Balaban J connectivity index is 0.000000495. The Bertz CT molecular complexity index is 1580. The van der Waals surface area contributed by atoms with Crippen LogP contribution in [0.25, 0.3) is 0 Å². The topological polar surface area (TPSA) is 107 Å². The molecule has 0 saturated heterocycles. The van der Waals surface area contributed by atoms with Gasteiger partial charge < -0.3 is 27.5 Å². The molecule has 0 aromatic heterocycles. The maximum absolute atomic E-state index is 10.9. The van der Waals surface area contributed by atoms with Gasteiger partial charge >= 0.3 is 17.9 Å². The average Bonchev–Trinajstić information content (AvgIpc) is 3.12. The predicted octanol–water partition coefficient (Wildman–Crippen LogP) is 14.6. The minimum atomic E-state index is -1.82. The lowest BCUT2D eigenvalue weighted by Gasteiger charge is -2.42. The Morgan fingerprint density at radius 1 is 0.470 bits per heavy atom. The summed E-state index contributed by atoms with van der Waals surface area (Å²) in [6.07, 6.45) is 12.3. The van der Waals surface area contributed by atoms with Gasteiger partial charge in [-0.2, -0.15) is 0 Å². The van der Waals surface area contributed by atoms with E-state index in [2.05, 4.69) is 142 Å². The number of carbonyl (C=O) groups excluding carboxylic acids is 3. The summed E-state index contributed by atoms with van der Waals surface area (Å²) in [5, 5.41) is 0.570. The molecular formula is C54H96O9Si3. The molecule has 0 N–H and O–H groups in total. The fourth-order valence-electron chi connectivity index (χ4n) is 7.29. The van der Waals surface area contributed by atoms with Gasteiger partial charge in [0.2, 0.25) is 0 Å². The van der Waals surface area contributed by atoms with Crippen LogP contribution < -0.4 is 0 Å². The van der Waals surface area contributed by atoms with E-state index in [0.717, 1.165) is 55.2 Å². The standard InChI is InChI=1S/3C18H32O3Si/c3*1-13-11-16(9-10-20-15(3)19)14(2)17(12-13)21-22(7,8)18(4,5)6/h3*9,13,17H,2,10-12H2,1,3-8H3/b16-9+;2*16-9-/t3*13-,17?/m000/s1. The molecule has 0 amide bonds. The fourth-order valence-corrected chi connectivity index (χ4v) is 11.2. The molecule has 3 saturated carbocycles. The maximum atomic E-state index is 10.9. The molecule has 9 nitrogen and oxygen atoms in total. The van der Waals surface area contributed by atoms with Crippen LogP contribution in [0.1, 0.15) is 142 Å². The fraction of sp³-hybridized carbons (Fsp3) is 0.722. The van der Waals surface area contributed by atoms with E-state index in [1.54, 1.807) is 0 Å². The van der Waals surface area contributed by atoms with Gasteiger partial charge in [0.25, 0.3) is 0 Å². The number of rotatable bonds is 12. The molecule has 66 heavy (non-hydrogen) atoms. The second-order valence-electron chi connectivity index (χ2n) is 23.9. The molecule has 3 aliphatic carbocycles. The van der Waals surface area contributed by atoms with Crippen molar-refractivity contribution >= 4 is 42.9 Å². The number of hydrogen-bond donors (Lipinski definition) is 0. The van der Waals surface area contributed by atoms with E-state index in [-0.39, 0.29) is 51.3 Å². The van der Waals surface area contributed by atoms with Gasteiger partial charge in [-0.1, -0.05) is 103 Å². The number of carbonyl (C=O) groups is 3. The molecule has 0 aliphatic heterocycles. The summed E-state index contributed by atoms with van der Waals surface area (Å²) in [6.45, 7) is 58.8. The van der Waals surface area contributed by atoms with Gasteiger partial charge in [0, 0.05) is 20.8 Å². The van der Waals surface area contributed by atoms with Crippen molar-refractivity contribution in [3.05, 3.63) is 71.4 Å². The highest BCUT2D eigenvalue weighted by Crippen LogP contribution is 2.45. The second kappa shape index (κ2) is 25.3. The first kappa shape index (κ1) is 61.4. The monoisotopic (exact) mass is 973 g/mol. The van der Waals surface area contributed by atoms with E-state index in [0.29, 0.717) is 37.6 Å². The summed E-state index contributed by atoms with van der Waals surface area (Å²) in [6, 6.07) is 0. The second-order valence-corrected chi connectivity index (χ2v) is 38.2. The third-order valence-electron chi connectivity index (χ3n) is 14.5. The highest BCUT2D eigenvalue weighted by Gasteiger charge is 2.43. The lowest BCUT2D eigenvalue weighted by Crippen LogP contribution is -2.45. The third kappa shape index (κ3) is 20.2. The zero-order valence-electron chi connectivity index (χ0n) is 45.9. The molecule has 3 aliphatic rings. The van der Waals surface area contributed by atoms with E-state index >= 15 is 0 Å². The van der Waals surface area contributed by atoms with Gasteiger partial charge in [-0.25, -0.2) is 0 Å². The van der Waals surface area contributed by atoms with Crippen molar-refractivity contribution in [2.75, 3.05) is 19.8 Å². The van der Waals surface area contributed by atoms with Crippen LogP contribution in [-0.2, 0) is 41.9 Å². The van der Waals surface area contributed by atoms with Gasteiger partial charge in [0.05, 0.1) is 18.3 Å². The minimum absolute atomic E-state index is 0.0909. The summed E-state index contributed by atoms with van der Waals surface area (Å²) >= 11 is 0. The maximum Gasteiger partial charge on any atom is 0.302 e. The molecule has 6 atom stereocenters. The molecule has 3 unspecified atom stereocenters. The molecule has 0 aromatic rings. The van der Waals surface area contributed by atoms with Crippen molar-refractivity contribution < 1.29 is 41.9 Å². The summed E-state index contributed by atoms with van der Waals surface area (Å²) in [5.41, 5.74) is 6.75. The Labute approximate surface area is 407 Å². The Hall–Kier alpha value is -2.62. The highest BCUT2D eigenvalue weighted by molar-refractivity contribution is 6.75. The molecule has 0 spiro atoms. The molecule has 0 radical (unpaired) electrons. The van der Waals surface area contributed by atoms with E-state index < -0.39 is 25.0 Å². The van der Waals surface area contributed by atoms with Crippen molar-refractivity contribution in [1.82, 2.24) is 0 Å². The quantitative estimate of drug-likeness (QED) is 0.107. The highest BCUT2D eigenvalue weighted by atomic mass is 28.4. The first-order valence-corrected chi connectivity index (χ1v) is 33.1. The smallest absolute Gasteiger partial charge is 0.302 e. The van der Waals surface area contributed by atoms with E-state index in [1.807, 2.05) is 18.2 Å². The Morgan fingerprint density at radius 3 is 0.833 bits per heavy atom. The number of hydrogen-bond acceptors (Lipinski definition) is 9. The molecule has 378 valence electrons. The van der Waals surface area contributed by atoms with Gasteiger partial charge in [0.15, 0.2) is 25.0 Å². The zero-order chi connectivity index (χ0) is 51.4. The number of ether oxygens (including phenoxy) is 3. The normalized spacial score (nSPS) is 25.4. The summed E-state index contributed by atoms with van der Waals surface area (Å²) in [5.74, 6) is 0.928. The van der Waals surface area contributed by atoms with Crippen molar-refractivity contribution in [2.24, 2.45) is 17.8 Å². The van der Waals surface area contributed by atoms with Crippen LogP contribution in [0.2, 0.25) is 54.4 Å². The number of esters is 3. The van der Waals surface area contributed by atoms with Crippen LogP contribution >= 0.6 is 0 Å². The van der Waals surface area contributed by atoms with Crippen molar-refractivity contribution in [1.29, 1.82) is 0 Å². The molecule has 3 fully saturated rings. The molecule has 3 rings (SSSR count). The van der Waals surface area contributed by atoms with Crippen molar-refractivity contribution in [3.8, 4) is 0 Å².